The van der Waals surface area contributed by atoms with Gasteiger partial charge in [0.2, 0.25) is 5.91 Å². The Morgan fingerprint density at radius 2 is 2.23 bits per heavy atom. The Labute approximate surface area is 130 Å². The number of carboxylic acids is 1. The molecular formula is C17H22N2O3. The van der Waals surface area contributed by atoms with E-state index in [2.05, 4.69) is 11.4 Å². The van der Waals surface area contributed by atoms with Gasteiger partial charge in [-0.15, -0.1) is 0 Å². The zero-order chi connectivity index (χ0) is 15.9. The van der Waals surface area contributed by atoms with Crippen LogP contribution in [0.25, 0.3) is 6.08 Å². The number of fused-ring (bicyclic) bond motifs is 1. The monoisotopic (exact) mass is 302 g/mol. The minimum absolute atomic E-state index is 0.131. The van der Waals surface area contributed by atoms with Crippen molar-refractivity contribution in [3.63, 3.8) is 0 Å². The van der Waals surface area contributed by atoms with Crippen LogP contribution in [0.15, 0.2) is 24.3 Å². The summed E-state index contributed by atoms with van der Waals surface area (Å²) in [5, 5.41) is 11.7. The van der Waals surface area contributed by atoms with Crippen LogP contribution in [0.1, 0.15) is 36.8 Å². The summed E-state index contributed by atoms with van der Waals surface area (Å²) in [6, 6.07) is 5.89. The molecule has 0 saturated heterocycles. The summed E-state index contributed by atoms with van der Waals surface area (Å²) in [5.74, 6) is -1.64. The van der Waals surface area contributed by atoms with Gasteiger partial charge >= 0.3 is 5.97 Å². The van der Waals surface area contributed by atoms with Crippen molar-refractivity contribution in [2.45, 2.75) is 32.1 Å². The van der Waals surface area contributed by atoms with Gasteiger partial charge in [-0.05, 0) is 49.4 Å². The Kier molecular flexibility index (Phi) is 5.72. The fraction of sp³-hybridized carbons (Fsp3) is 0.412. The van der Waals surface area contributed by atoms with Gasteiger partial charge in [-0.25, -0.2) is 0 Å². The normalized spacial score (nSPS) is 17.3. The van der Waals surface area contributed by atoms with Crippen molar-refractivity contribution in [1.29, 1.82) is 0 Å². The van der Waals surface area contributed by atoms with Gasteiger partial charge in [0.15, 0.2) is 0 Å². The molecule has 5 heteroatoms. The fourth-order valence-electron chi connectivity index (χ4n) is 2.59. The molecule has 4 N–H and O–H groups in total. The van der Waals surface area contributed by atoms with E-state index in [0.717, 1.165) is 42.6 Å². The van der Waals surface area contributed by atoms with E-state index in [1.165, 1.54) is 0 Å². The average molecular weight is 302 g/mol. The van der Waals surface area contributed by atoms with E-state index in [-0.39, 0.29) is 12.3 Å². The first-order valence-corrected chi connectivity index (χ1v) is 7.62. The highest BCUT2D eigenvalue weighted by Crippen LogP contribution is 2.28. The second-order valence-corrected chi connectivity index (χ2v) is 5.59. The molecule has 1 aliphatic heterocycles. The third-order valence-corrected chi connectivity index (χ3v) is 3.79. The summed E-state index contributed by atoms with van der Waals surface area (Å²) in [6.45, 7) is 0.718. The molecule has 1 amide bonds. The van der Waals surface area contributed by atoms with E-state index in [1.807, 2.05) is 24.3 Å². The number of carbonyl (C=O) groups excluding carboxylic acids is 1. The highest BCUT2D eigenvalue weighted by Gasteiger charge is 2.27. The van der Waals surface area contributed by atoms with Crippen molar-refractivity contribution < 1.29 is 14.7 Å². The lowest BCUT2D eigenvalue weighted by Gasteiger charge is -2.23. The molecule has 0 aromatic heterocycles. The lowest BCUT2D eigenvalue weighted by molar-refractivity contribution is -0.140. The number of anilines is 1. The molecule has 1 unspecified atom stereocenters. The van der Waals surface area contributed by atoms with Crippen molar-refractivity contribution in [2.75, 3.05) is 11.9 Å². The van der Waals surface area contributed by atoms with Crippen LogP contribution in [-0.2, 0) is 16.0 Å². The van der Waals surface area contributed by atoms with E-state index in [4.69, 9.17) is 10.8 Å². The minimum Gasteiger partial charge on any atom is -0.481 e. The fourth-order valence-corrected chi connectivity index (χ4v) is 2.59. The summed E-state index contributed by atoms with van der Waals surface area (Å²) in [4.78, 5) is 22.7. The first kappa shape index (κ1) is 16.2. The number of allylic oxidation sites excluding steroid dienone is 1. The molecule has 1 aliphatic rings. The Morgan fingerprint density at radius 3 is 2.95 bits per heavy atom. The minimum atomic E-state index is -0.944. The molecule has 0 saturated carbocycles. The maximum absolute atomic E-state index is 11.9. The Balaban J connectivity index is 2.02. The number of aliphatic carboxylic acids is 1. The molecule has 0 spiro atoms. The van der Waals surface area contributed by atoms with Crippen LogP contribution in [0.5, 0.6) is 0 Å². The molecule has 1 aromatic carbocycles. The second-order valence-electron chi connectivity index (χ2n) is 5.59. The number of amides is 1. The number of carbonyl (C=O) groups is 2. The summed E-state index contributed by atoms with van der Waals surface area (Å²) in [5.41, 5.74) is 8.26. The maximum atomic E-state index is 11.9. The van der Waals surface area contributed by atoms with Crippen LogP contribution < -0.4 is 11.1 Å². The van der Waals surface area contributed by atoms with Crippen LogP contribution in [-0.4, -0.2) is 23.5 Å². The summed E-state index contributed by atoms with van der Waals surface area (Å²) >= 11 is 0. The van der Waals surface area contributed by atoms with Crippen molar-refractivity contribution in [1.82, 2.24) is 0 Å². The van der Waals surface area contributed by atoms with Crippen LogP contribution in [0, 0.1) is 5.92 Å². The van der Waals surface area contributed by atoms with Crippen LogP contribution in [0.3, 0.4) is 0 Å². The van der Waals surface area contributed by atoms with E-state index in [0.29, 0.717) is 6.42 Å². The van der Waals surface area contributed by atoms with Gasteiger partial charge in [-0.1, -0.05) is 24.3 Å². The molecule has 5 nitrogen and oxygen atoms in total. The number of benzene rings is 1. The largest absolute Gasteiger partial charge is 0.481 e. The number of hydrogen-bond acceptors (Lipinski definition) is 3. The van der Waals surface area contributed by atoms with Crippen LogP contribution in [0.4, 0.5) is 5.69 Å². The summed E-state index contributed by atoms with van der Waals surface area (Å²) in [6.07, 6.45) is 7.58. The number of hydrogen-bond donors (Lipinski definition) is 3. The first-order chi connectivity index (χ1) is 10.6. The topological polar surface area (TPSA) is 92.4 Å². The summed E-state index contributed by atoms with van der Waals surface area (Å²) < 4.78 is 0. The van der Waals surface area contributed by atoms with Crippen LogP contribution >= 0.6 is 0 Å². The van der Waals surface area contributed by atoms with Gasteiger partial charge < -0.3 is 16.2 Å². The van der Waals surface area contributed by atoms with Gasteiger partial charge in [-0.2, -0.15) is 0 Å². The average Bonchev–Trinajstić information content (AvgIpc) is 2.47. The molecule has 0 fully saturated rings. The highest BCUT2D eigenvalue weighted by atomic mass is 16.4. The quantitative estimate of drug-likeness (QED) is 0.674. The zero-order valence-corrected chi connectivity index (χ0v) is 12.5. The van der Waals surface area contributed by atoms with Crippen molar-refractivity contribution in [2.24, 2.45) is 11.7 Å². The third-order valence-electron chi connectivity index (χ3n) is 3.79. The van der Waals surface area contributed by atoms with Crippen molar-refractivity contribution in [3.05, 3.63) is 35.4 Å². The molecule has 1 heterocycles. The SMILES string of the molecule is NCCCC/C=C/c1ccc2c(c1)NC(=O)C(CC(=O)O)C2. The van der Waals surface area contributed by atoms with Gasteiger partial charge in [0, 0.05) is 5.69 Å². The van der Waals surface area contributed by atoms with Crippen LogP contribution in [0.2, 0.25) is 0 Å². The van der Waals surface area contributed by atoms with E-state index < -0.39 is 11.9 Å². The first-order valence-electron chi connectivity index (χ1n) is 7.62. The van der Waals surface area contributed by atoms with Gasteiger partial charge in [-0.3, -0.25) is 9.59 Å². The molecule has 118 valence electrons. The highest BCUT2D eigenvalue weighted by molar-refractivity contribution is 5.97. The lowest BCUT2D eigenvalue weighted by atomic mass is 9.90. The predicted octanol–water partition coefficient (Wildman–Crippen LogP) is 2.41. The molecular weight excluding hydrogens is 280 g/mol. The molecule has 0 aliphatic carbocycles. The standard InChI is InChI=1S/C17H22N2O3/c18-8-4-2-1-3-5-12-6-7-13-10-14(11-16(20)21)17(22)19-15(13)9-12/h3,5-7,9,14H,1-2,4,8,10-11,18H2,(H,19,22)(H,20,21)/b5-3+. The number of carboxylic acid groups (broad SMARTS) is 1. The van der Waals surface area contributed by atoms with E-state index in [1.54, 1.807) is 0 Å². The van der Waals surface area contributed by atoms with E-state index >= 15 is 0 Å². The molecule has 2 rings (SSSR count). The van der Waals surface area contributed by atoms with E-state index in [9.17, 15) is 9.59 Å². The number of unbranched alkanes of at least 4 members (excludes halogenated alkanes) is 2. The Morgan fingerprint density at radius 1 is 1.41 bits per heavy atom. The molecule has 1 aromatic rings. The molecule has 22 heavy (non-hydrogen) atoms. The second kappa shape index (κ2) is 7.75. The van der Waals surface area contributed by atoms with Crippen molar-refractivity contribution >= 4 is 23.6 Å². The molecule has 0 radical (unpaired) electrons. The lowest BCUT2D eigenvalue weighted by Crippen LogP contribution is -2.31. The number of nitrogens with two attached hydrogens (primary N) is 1. The smallest absolute Gasteiger partial charge is 0.304 e. The Bertz CT molecular complexity index is 581. The molecule has 0 bridgehead atoms. The molecule has 1 atom stereocenters. The van der Waals surface area contributed by atoms with Gasteiger partial charge in [0.1, 0.15) is 0 Å². The number of rotatable bonds is 7. The number of nitrogens with one attached hydrogen (secondary N) is 1. The van der Waals surface area contributed by atoms with Gasteiger partial charge in [0.25, 0.3) is 0 Å². The summed E-state index contributed by atoms with van der Waals surface area (Å²) in [7, 11) is 0. The van der Waals surface area contributed by atoms with Crippen molar-refractivity contribution in [3.8, 4) is 0 Å². The maximum Gasteiger partial charge on any atom is 0.304 e. The van der Waals surface area contributed by atoms with Gasteiger partial charge in [0.05, 0.1) is 12.3 Å². The third kappa shape index (κ3) is 4.43. The Hall–Kier alpha value is -2.14. The zero-order valence-electron chi connectivity index (χ0n) is 12.5. The predicted molar refractivity (Wildman–Crippen MR) is 86.5 cm³/mol.